The molecule has 2 rings (SSSR count). The van der Waals surface area contributed by atoms with E-state index in [1.54, 1.807) is 4.90 Å². The molecular weight excluding hydrogens is 289 g/mol. The molecule has 1 heterocycles. The van der Waals surface area contributed by atoms with E-state index in [9.17, 15) is 9.18 Å². The summed E-state index contributed by atoms with van der Waals surface area (Å²) in [4.78, 5) is 12.7. The van der Waals surface area contributed by atoms with Gasteiger partial charge in [-0.2, -0.15) is 0 Å². The molecule has 1 aliphatic rings. The number of carboxylic acid groups (broad SMARTS) is 1. The van der Waals surface area contributed by atoms with Crippen LogP contribution in [0.25, 0.3) is 0 Å². The monoisotopic (exact) mass is 301 g/mol. The number of benzene rings is 1. The number of hydrogen-bond donors (Lipinski definition) is 1. The number of anilines is 1. The van der Waals surface area contributed by atoms with Crippen molar-refractivity contribution < 1.29 is 14.3 Å². The van der Waals surface area contributed by atoms with Crippen molar-refractivity contribution in [1.29, 1.82) is 0 Å². The Bertz CT molecular complexity index is 423. The van der Waals surface area contributed by atoms with Crippen molar-refractivity contribution in [3.05, 3.63) is 28.7 Å². The number of piperidine rings is 1. The molecule has 0 aromatic heterocycles. The van der Waals surface area contributed by atoms with Gasteiger partial charge in [0.15, 0.2) is 0 Å². The lowest BCUT2D eigenvalue weighted by atomic mass is 9.94. The summed E-state index contributed by atoms with van der Waals surface area (Å²) in [5.74, 6) is -1.36. The van der Waals surface area contributed by atoms with Gasteiger partial charge in [-0.3, -0.25) is 0 Å². The normalized spacial score (nSPS) is 24.7. The predicted octanol–water partition coefficient (Wildman–Crippen LogP) is 2.84. The van der Waals surface area contributed by atoms with Crippen LogP contribution in [-0.2, 0) is 4.79 Å². The molecular formula is C12H13BrFNO2. The van der Waals surface area contributed by atoms with Gasteiger partial charge in [-0.15, -0.1) is 0 Å². The van der Waals surface area contributed by atoms with E-state index < -0.39 is 11.6 Å². The average molecular weight is 302 g/mol. The Balaban J connectivity index is 2.17. The number of nitrogens with zero attached hydrogens (tertiary/aromatic N) is 1. The van der Waals surface area contributed by atoms with Crippen molar-refractivity contribution in [1.82, 2.24) is 0 Å². The molecule has 1 aliphatic heterocycles. The van der Waals surface area contributed by atoms with E-state index in [1.165, 1.54) is 0 Å². The predicted molar refractivity (Wildman–Crippen MR) is 67.1 cm³/mol. The van der Waals surface area contributed by atoms with Crippen LogP contribution in [0.15, 0.2) is 28.7 Å². The molecule has 1 N–H and O–H groups in total. The van der Waals surface area contributed by atoms with Crippen LogP contribution in [0.2, 0.25) is 0 Å². The van der Waals surface area contributed by atoms with Gasteiger partial charge in [-0.1, -0.05) is 15.9 Å². The quantitative estimate of drug-likeness (QED) is 0.913. The molecule has 5 heteroatoms. The van der Waals surface area contributed by atoms with E-state index >= 15 is 0 Å². The number of aliphatic carboxylic acids is 1. The molecule has 1 fully saturated rings. The summed E-state index contributed by atoms with van der Waals surface area (Å²) in [7, 11) is 0. The summed E-state index contributed by atoms with van der Waals surface area (Å²) in [6.07, 6.45) is 0.647. The zero-order valence-electron chi connectivity index (χ0n) is 9.20. The third kappa shape index (κ3) is 2.60. The fourth-order valence-electron chi connectivity index (χ4n) is 2.06. The number of carbonyl (C=O) groups is 1. The standard InChI is InChI=1S/C12H13BrFNO2/c13-9-2-4-10(5-3-9)15-7-1-6-12(14,8-15)11(16)17/h2-5H,1,6-8H2,(H,16,17). The molecule has 0 amide bonds. The highest BCUT2D eigenvalue weighted by molar-refractivity contribution is 9.10. The van der Waals surface area contributed by atoms with Gasteiger partial charge >= 0.3 is 5.97 Å². The molecule has 1 aromatic carbocycles. The first-order valence-electron chi connectivity index (χ1n) is 5.44. The van der Waals surface area contributed by atoms with E-state index in [4.69, 9.17) is 5.11 Å². The SMILES string of the molecule is O=C(O)C1(F)CCCN(c2ccc(Br)cc2)C1. The van der Waals surface area contributed by atoms with Gasteiger partial charge in [-0.05, 0) is 37.1 Å². The first-order valence-corrected chi connectivity index (χ1v) is 6.23. The maximum Gasteiger partial charge on any atom is 0.343 e. The van der Waals surface area contributed by atoms with Gasteiger partial charge in [0.1, 0.15) is 0 Å². The van der Waals surface area contributed by atoms with Crippen molar-refractivity contribution in [2.45, 2.75) is 18.5 Å². The molecule has 3 nitrogen and oxygen atoms in total. The Morgan fingerprint density at radius 3 is 2.65 bits per heavy atom. The molecule has 0 saturated carbocycles. The Hall–Kier alpha value is -1.10. The Labute approximate surface area is 107 Å². The molecule has 92 valence electrons. The number of alkyl halides is 1. The molecule has 0 spiro atoms. The lowest BCUT2D eigenvalue weighted by Gasteiger charge is -2.36. The molecule has 1 saturated heterocycles. The zero-order valence-corrected chi connectivity index (χ0v) is 10.8. The summed E-state index contributed by atoms with van der Waals surface area (Å²) in [5.41, 5.74) is -1.26. The summed E-state index contributed by atoms with van der Waals surface area (Å²) < 4.78 is 15.0. The largest absolute Gasteiger partial charge is 0.479 e. The fraction of sp³-hybridized carbons (Fsp3) is 0.417. The summed E-state index contributed by atoms with van der Waals surface area (Å²) in [6.45, 7) is 0.616. The number of hydrogen-bond acceptors (Lipinski definition) is 2. The van der Waals surface area contributed by atoms with E-state index in [2.05, 4.69) is 15.9 Å². The lowest BCUT2D eigenvalue weighted by molar-refractivity contribution is -0.151. The summed E-state index contributed by atoms with van der Waals surface area (Å²) in [6, 6.07) is 7.45. The number of carboxylic acids is 1. The molecule has 0 bridgehead atoms. The molecule has 0 aliphatic carbocycles. The van der Waals surface area contributed by atoms with Gasteiger partial charge in [0.25, 0.3) is 0 Å². The topological polar surface area (TPSA) is 40.5 Å². The average Bonchev–Trinajstić information content (AvgIpc) is 2.30. The molecule has 0 radical (unpaired) electrons. The summed E-state index contributed by atoms with van der Waals surface area (Å²) >= 11 is 3.33. The first kappa shape index (κ1) is 12.4. The van der Waals surface area contributed by atoms with Crippen LogP contribution < -0.4 is 4.90 Å². The van der Waals surface area contributed by atoms with Crippen molar-refractivity contribution >= 4 is 27.6 Å². The minimum absolute atomic E-state index is 0.0794. The molecule has 17 heavy (non-hydrogen) atoms. The highest BCUT2D eigenvalue weighted by atomic mass is 79.9. The highest BCUT2D eigenvalue weighted by Gasteiger charge is 2.42. The highest BCUT2D eigenvalue weighted by Crippen LogP contribution is 2.29. The van der Waals surface area contributed by atoms with Crippen molar-refractivity contribution in [2.24, 2.45) is 0 Å². The minimum Gasteiger partial charge on any atom is -0.479 e. The number of halogens is 2. The molecule has 1 atom stereocenters. The Morgan fingerprint density at radius 2 is 2.06 bits per heavy atom. The van der Waals surface area contributed by atoms with Crippen LogP contribution >= 0.6 is 15.9 Å². The van der Waals surface area contributed by atoms with Crippen molar-refractivity contribution in [3.63, 3.8) is 0 Å². The second-order valence-electron chi connectivity index (χ2n) is 4.27. The van der Waals surface area contributed by atoms with Gasteiger partial charge in [0.05, 0.1) is 6.54 Å². The van der Waals surface area contributed by atoms with Crippen molar-refractivity contribution in [3.8, 4) is 0 Å². The molecule has 1 aromatic rings. The molecule has 1 unspecified atom stereocenters. The van der Waals surface area contributed by atoms with Crippen LogP contribution in [0.5, 0.6) is 0 Å². The Morgan fingerprint density at radius 1 is 1.41 bits per heavy atom. The fourth-order valence-corrected chi connectivity index (χ4v) is 2.32. The van der Waals surface area contributed by atoms with Crippen LogP contribution in [-0.4, -0.2) is 29.8 Å². The van der Waals surface area contributed by atoms with E-state index in [0.29, 0.717) is 13.0 Å². The van der Waals surface area contributed by atoms with Crippen LogP contribution in [0.3, 0.4) is 0 Å². The first-order chi connectivity index (χ1) is 8.01. The van der Waals surface area contributed by atoms with Crippen LogP contribution in [0.1, 0.15) is 12.8 Å². The van der Waals surface area contributed by atoms with E-state index in [1.807, 2.05) is 24.3 Å². The zero-order chi connectivity index (χ0) is 12.5. The lowest BCUT2D eigenvalue weighted by Crippen LogP contribution is -2.50. The van der Waals surface area contributed by atoms with Gasteiger partial charge in [0, 0.05) is 16.7 Å². The van der Waals surface area contributed by atoms with E-state index in [0.717, 1.165) is 10.2 Å². The Kier molecular flexibility index (Phi) is 3.38. The van der Waals surface area contributed by atoms with Gasteiger partial charge < -0.3 is 10.0 Å². The third-order valence-electron chi connectivity index (χ3n) is 3.02. The maximum absolute atomic E-state index is 14.1. The van der Waals surface area contributed by atoms with Crippen LogP contribution in [0, 0.1) is 0 Å². The summed E-state index contributed by atoms with van der Waals surface area (Å²) in [5, 5.41) is 8.90. The second-order valence-corrected chi connectivity index (χ2v) is 5.19. The smallest absolute Gasteiger partial charge is 0.343 e. The third-order valence-corrected chi connectivity index (χ3v) is 3.55. The minimum atomic E-state index is -2.12. The van der Waals surface area contributed by atoms with E-state index in [-0.39, 0.29) is 13.0 Å². The number of rotatable bonds is 2. The maximum atomic E-state index is 14.1. The van der Waals surface area contributed by atoms with Gasteiger partial charge in [0.2, 0.25) is 5.67 Å². The van der Waals surface area contributed by atoms with Gasteiger partial charge in [-0.25, -0.2) is 9.18 Å². The van der Waals surface area contributed by atoms with Crippen LogP contribution in [0.4, 0.5) is 10.1 Å². The van der Waals surface area contributed by atoms with Crippen molar-refractivity contribution in [2.75, 3.05) is 18.0 Å². The second kappa shape index (κ2) is 4.64.